The summed E-state index contributed by atoms with van der Waals surface area (Å²) in [5.74, 6) is 0.739. The highest BCUT2D eigenvalue weighted by Gasteiger charge is 2.19. The lowest BCUT2D eigenvalue weighted by molar-refractivity contribution is -0.113. The van der Waals surface area contributed by atoms with Crippen LogP contribution in [-0.4, -0.2) is 5.78 Å². The van der Waals surface area contributed by atoms with Crippen LogP contribution in [0.15, 0.2) is 23.8 Å². The number of allylic oxidation sites excluding steroid dienone is 3. The zero-order chi connectivity index (χ0) is 8.43. The largest absolute Gasteiger partial charge is 0.295 e. The molecule has 0 aromatic heterocycles. The van der Waals surface area contributed by atoms with E-state index < -0.39 is 0 Å². The van der Waals surface area contributed by atoms with Crippen molar-refractivity contribution in [3.8, 4) is 0 Å². The molecule has 11 heavy (non-hydrogen) atoms. The van der Waals surface area contributed by atoms with Gasteiger partial charge in [-0.3, -0.25) is 4.79 Å². The predicted molar refractivity (Wildman–Crippen MR) is 46.3 cm³/mol. The van der Waals surface area contributed by atoms with E-state index in [1.807, 2.05) is 13.0 Å². The molecule has 0 aromatic carbocycles. The van der Waals surface area contributed by atoms with E-state index in [4.69, 9.17) is 0 Å². The Labute approximate surface area is 67.8 Å². The van der Waals surface area contributed by atoms with Crippen LogP contribution in [0.5, 0.6) is 0 Å². The molecule has 0 N–H and O–H groups in total. The van der Waals surface area contributed by atoms with E-state index in [-0.39, 0.29) is 5.78 Å². The number of carbonyl (C=O) groups excluding carboxylic acids is 1. The van der Waals surface area contributed by atoms with Crippen molar-refractivity contribution in [2.24, 2.45) is 5.92 Å². The Bertz CT molecular complexity index is 223. The SMILES string of the molecule is C=C(C)[C@@H]1CC=C(C(C)=O)C1. The molecule has 1 aliphatic rings. The minimum atomic E-state index is 0.216. The summed E-state index contributed by atoms with van der Waals surface area (Å²) in [6, 6.07) is 0. The summed E-state index contributed by atoms with van der Waals surface area (Å²) >= 11 is 0. The average Bonchev–Trinajstić information content (AvgIpc) is 2.33. The lowest BCUT2D eigenvalue weighted by Gasteiger charge is -2.07. The van der Waals surface area contributed by atoms with Gasteiger partial charge in [0.1, 0.15) is 0 Å². The third kappa shape index (κ3) is 1.79. The van der Waals surface area contributed by atoms with Crippen molar-refractivity contribution >= 4 is 5.78 Å². The number of hydrogen-bond donors (Lipinski definition) is 0. The third-order valence-corrected chi connectivity index (χ3v) is 2.26. The first-order chi connectivity index (χ1) is 5.11. The topological polar surface area (TPSA) is 17.1 Å². The van der Waals surface area contributed by atoms with Crippen LogP contribution in [0.25, 0.3) is 0 Å². The molecule has 0 fully saturated rings. The minimum Gasteiger partial charge on any atom is -0.295 e. The molecule has 1 heteroatoms. The molecule has 0 radical (unpaired) electrons. The van der Waals surface area contributed by atoms with E-state index in [0.717, 1.165) is 18.4 Å². The maximum atomic E-state index is 10.9. The van der Waals surface area contributed by atoms with Crippen molar-refractivity contribution in [1.29, 1.82) is 0 Å². The van der Waals surface area contributed by atoms with E-state index in [9.17, 15) is 4.79 Å². The van der Waals surface area contributed by atoms with Gasteiger partial charge in [-0.25, -0.2) is 0 Å². The van der Waals surface area contributed by atoms with E-state index in [1.54, 1.807) is 6.92 Å². The van der Waals surface area contributed by atoms with Crippen molar-refractivity contribution in [2.45, 2.75) is 26.7 Å². The predicted octanol–water partition coefficient (Wildman–Crippen LogP) is 2.49. The maximum absolute atomic E-state index is 10.9. The Hall–Kier alpha value is -0.850. The fourth-order valence-electron chi connectivity index (χ4n) is 1.38. The van der Waals surface area contributed by atoms with Gasteiger partial charge in [-0.05, 0) is 38.2 Å². The second-order valence-electron chi connectivity index (χ2n) is 3.27. The molecule has 0 unspecified atom stereocenters. The number of carbonyl (C=O) groups is 1. The van der Waals surface area contributed by atoms with Crippen LogP contribution in [0.2, 0.25) is 0 Å². The Balaban J connectivity index is 2.56. The lowest BCUT2D eigenvalue weighted by Crippen LogP contribution is -1.98. The second-order valence-corrected chi connectivity index (χ2v) is 3.27. The van der Waals surface area contributed by atoms with Crippen LogP contribution >= 0.6 is 0 Å². The smallest absolute Gasteiger partial charge is 0.155 e. The summed E-state index contributed by atoms with van der Waals surface area (Å²) in [5.41, 5.74) is 2.18. The number of rotatable bonds is 2. The number of hydrogen-bond acceptors (Lipinski definition) is 1. The van der Waals surface area contributed by atoms with Crippen molar-refractivity contribution in [1.82, 2.24) is 0 Å². The van der Waals surface area contributed by atoms with Gasteiger partial charge in [-0.15, -0.1) is 0 Å². The van der Waals surface area contributed by atoms with Gasteiger partial charge in [0.15, 0.2) is 5.78 Å². The monoisotopic (exact) mass is 150 g/mol. The molecule has 0 spiro atoms. The first-order valence-corrected chi connectivity index (χ1v) is 3.96. The highest BCUT2D eigenvalue weighted by Crippen LogP contribution is 2.29. The van der Waals surface area contributed by atoms with E-state index in [0.29, 0.717) is 5.92 Å². The molecule has 0 saturated heterocycles. The molecule has 0 aromatic rings. The molecule has 0 heterocycles. The van der Waals surface area contributed by atoms with Crippen molar-refractivity contribution in [3.05, 3.63) is 23.8 Å². The van der Waals surface area contributed by atoms with Crippen molar-refractivity contribution < 1.29 is 4.79 Å². The van der Waals surface area contributed by atoms with Crippen LogP contribution in [0.4, 0.5) is 0 Å². The molecule has 1 rings (SSSR count). The van der Waals surface area contributed by atoms with Gasteiger partial charge in [-0.2, -0.15) is 0 Å². The van der Waals surface area contributed by atoms with Crippen LogP contribution in [-0.2, 0) is 4.79 Å². The van der Waals surface area contributed by atoms with Crippen LogP contribution in [0.1, 0.15) is 26.7 Å². The van der Waals surface area contributed by atoms with E-state index >= 15 is 0 Å². The second kappa shape index (κ2) is 3.04. The summed E-state index contributed by atoms with van der Waals surface area (Å²) in [5, 5.41) is 0. The lowest BCUT2D eigenvalue weighted by atomic mass is 9.97. The normalized spacial score (nSPS) is 23.1. The van der Waals surface area contributed by atoms with Gasteiger partial charge in [0.05, 0.1) is 0 Å². The molecule has 1 atom stereocenters. The Morgan fingerprint density at radius 2 is 2.27 bits per heavy atom. The van der Waals surface area contributed by atoms with Gasteiger partial charge < -0.3 is 0 Å². The fourth-order valence-corrected chi connectivity index (χ4v) is 1.38. The molecule has 60 valence electrons. The zero-order valence-electron chi connectivity index (χ0n) is 7.18. The maximum Gasteiger partial charge on any atom is 0.155 e. The van der Waals surface area contributed by atoms with Gasteiger partial charge in [0.25, 0.3) is 0 Å². The molecule has 0 bridgehead atoms. The fraction of sp³-hybridized carbons (Fsp3) is 0.500. The Morgan fingerprint density at radius 3 is 2.55 bits per heavy atom. The summed E-state index contributed by atoms with van der Waals surface area (Å²) in [4.78, 5) is 10.9. The molecule has 1 nitrogen and oxygen atoms in total. The molecule has 1 aliphatic carbocycles. The highest BCUT2D eigenvalue weighted by molar-refractivity contribution is 5.93. The molecular formula is C10H14O. The number of Topliss-reactive ketones (excluding diaryl/α,β-unsaturated/α-hetero) is 1. The molecule has 0 amide bonds. The van der Waals surface area contributed by atoms with Crippen LogP contribution in [0, 0.1) is 5.92 Å². The number of ketones is 1. The van der Waals surface area contributed by atoms with Gasteiger partial charge >= 0.3 is 0 Å². The Kier molecular flexibility index (Phi) is 2.28. The van der Waals surface area contributed by atoms with Gasteiger partial charge in [0, 0.05) is 0 Å². The molecule has 0 aliphatic heterocycles. The highest BCUT2D eigenvalue weighted by atomic mass is 16.1. The standard InChI is InChI=1S/C10H14O/c1-7(2)9-4-5-10(6-9)8(3)11/h5,9H,1,4,6H2,2-3H3/t9-/m1/s1. The van der Waals surface area contributed by atoms with Crippen molar-refractivity contribution in [2.75, 3.05) is 0 Å². The summed E-state index contributed by atoms with van der Waals surface area (Å²) in [7, 11) is 0. The first kappa shape index (κ1) is 8.25. The quantitative estimate of drug-likeness (QED) is 0.553. The zero-order valence-corrected chi connectivity index (χ0v) is 7.18. The third-order valence-electron chi connectivity index (χ3n) is 2.26. The summed E-state index contributed by atoms with van der Waals surface area (Å²) < 4.78 is 0. The van der Waals surface area contributed by atoms with Gasteiger partial charge in [-0.1, -0.05) is 18.2 Å². The Morgan fingerprint density at radius 1 is 1.64 bits per heavy atom. The van der Waals surface area contributed by atoms with Crippen LogP contribution < -0.4 is 0 Å². The summed E-state index contributed by atoms with van der Waals surface area (Å²) in [6.45, 7) is 7.55. The molecular weight excluding hydrogens is 136 g/mol. The van der Waals surface area contributed by atoms with E-state index in [2.05, 4.69) is 6.58 Å². The van der Waals surface area contributed by atoms with Crippen molar-refractivity contribution in [3.63, 3.8) is 0 Å². The average molecular weight is 150 g/mol. The van der Waals surface area contributed by atoms with Crippen LogP contribution in [0.3, 0.4) is 0 Å². The minimum absolute atomic E-state index is 0.216. The summed E-state index contributed by atoms with van der Waals surface area (Å²) in [6.07, 6.45) is 3.95. The van der Waals surface area contributed by atoms with E-state index in [1.165, 1.54) is 5.57 Å². The van der Waals surface area contributed by atoms with Gasteiger partial charge in [0.2, 0.25) is 0 Å². The molecule has 0 saturated carbocycles. The first-order valence-electron chi connectivity index (χ1n) is 3.96.